The monoisotopic (exact) mass is 152 g/mol. The van der Waals surface area contributed by atoms with E-state index in [4.69, 9.17) is 4.74 Å². The average Bonchev–Trinajstić information content (AvgIpc) is 2.48. The van der Waals surface area contributed by atoms with E-state index in [1.165, 1.54) is 0 Å². The third kappa shape index (κ3) is 2.20. The fraction of sp³-hybridized carbons (Fsp3) is 0.375. The molecule has 0 aliphatic rings. The third-order valence-electron chi connectivity index (χ3n) is 1.41. The zero-order valence-corrected chi connectivity index (χ0v) is 6.66. The molecule has 0 aromatic carbocycles. The molecule has 0 spiro atoms. The van der Waals surface area contributed by atoms with Gasteiger partial charge in [0.2, 0.25) is 0 Å². The van der Waals surface area contributed by atoms with Crippen LogP contribution in [0.2, 0.25) is 0 Å². The van der Waals surface area contributed by atoms with Crippen LogP contribution < -0.4 is 0 Å². The van der Waals surface area contributed by atoms with E-state index in [0.717, 1.165) is 12.1 Å². The highest BCUT2D eigenvalue weighted by atomic mass is 16.5. The number of rotatable bonds is 4. The van der Waals surface area contributed by atoms with Gasteiger partial charge >= 0.3 is 0 Å². The molecule has 0 aliphatic heterocycles. The van der Waals surface area contributed by atoms with Crippen LogP contribution in [0.5, 0.6) is 0 Å². The molecule has 0 unspecified atom stereocenters. The average molecular weight is 152 g/mol. The topological polar surface area (TPSA) is 27.1 Å². The second-order valence-corrected chi connectivity index (χ2v) is 2.23. The van der Waals surface area contributed by atoms with E-state index in [0.29, 0.717) is 6.61 Å². The lowest BCUT2D eigenvalue weighted by atomic mass is 10.4. The molecule has 0 saturated heterocycles. The minimum Gasteiger partial charge on any atom is -0.383 e. The third-order valence-corrected chi connectivity index (χ3v) is 1.41. The van der Waals surface area contributed by atoms with E-state index in [-0.39, 0.29) is 0 Å². The summed E-state index contributed by atoms with van der Waals surface area (Å²) in [6.45, 7) is 5.13. The fourth-order valence-corrected chi connectivity index (χ4v) is 0.792. The van der Waals surface area contributed by atoms with Crippen LogP contribution in [0, 0.1) is 0 Å². The van der Waals surface area contributed by atoms with Crippen molar-refractivity contribution in [1.29, 1.82) is 0 Å². The van der Waals surface area contributed by atoms with Crippen molar-refractivity contribution in [2.24, 2.45) is 0 Å². The second-order valence-electron chi connectivity index (χ2n) is 2.23. The Morgan fingerprint density at radius 3 is 3.18 bits per heavy atom. The number of ether oxygens (including phenoxy) is 1. The molecule has 1 aromatic heterocycles. The van der Waals surface area contributed by atoms with Gasteiger partial charge in [-0.1, -0.05) is 12.7 Å². The van der Waals surface area contributed by atoms with Crippen molar-refractivity contribution in [2.45, 2.75) is 6.54 Å². The molecular formula is C8H12N2O. The van der Waals surface area contributed by atoms with Gasteiger partial charge in [0.15, 0.2) is 0 Å². The summed E-state index contributed by atoms with van der Waals surface area (Å²) >= 11 is 0. The molecule has 1 heterocycles. The van der Waals surface area contributed by atoms with Gasteiger partial charge in [0.25, 0.3) is 0 Å². The van der Waals surface area contributed by atoms with Gasteiger partial charge in [-0.25, -0.2) is 0 Å². The Morgan fingerprint density at radius 1 is 1.82 bits per heavy atom. The van der Waals surface area contributed by atoms with Crippen LogP contribution in [0.25, 0.3) is 6.08 Å². The highest BCUT2D eigenvalue weighted by molar-refractivity contribution is 5.43. The van der Waals surface area contributed by atoms with Crippen molar-refractivity contribution in [3.05, 3.63) is 24.5 Å². The van der Waals surface area contributed by atoms with Crippen LogP contribution >= 0.6 is 0 Å². The van der Waals surface area contributed by atoms with E-state index in [2.05, 4.69) is 11.7 Å². The van der Waals surface area contributed by atoms with Gasteiger partial charge in [0, 0.05) is 18.9 Å². The minimum absolute atomic E-state index is 0.693. The minimum atomic E-state index is 0.693. The van der Waals surface area contributed by atoms with E-state index < -0.39 is 0 Å². The normalized spacial score (nSPS) is 9.91. The lowest BCUT2D eigenvalue weighted by Gasteiger charge is -1.97. The largest absolute Gasteiger partial charge is 0.383 e. The molecule has 1 rings (SSSR count). The van der Waals surface area contributed by atoms with Crippen LogP contribution in [0.1, 0.15) is 5.56 Å². The second kappa shape index (κ2) is 3.93. The van der Waals surface area contributed by atoms with Crippen molar-refractivity contribution in [2.75, 3.05) is 13.7 Å². The van der Waals surface area contributed by atoms with Crippen LogP contribution in [-0.2, 0) is 11.3 Å². The van der Waals surface area contributed by atoms with Gasteiger partial charge in [0.05, 0.1) is 19.3 Å². The zero-order valence-electron chi connectivity index (χ0n) is 6.66. The molecule has 60 valence electrons. The molecule has 0 radical (unpaired) electrons. The molecule has 0 amide bonds. The smallest absolute Gasteiger partial charge is 0.0658 e. The Hall–Kier alpha value is -1.09. The van der Waals surface area contributed by atoms with Gasteiger partial charge < -0.3 is 4.74 Å². The number of methoxy groups -OCH3 is 1. The van der Waals surface area contributed by atoms with Crippen molar-refractivity contribution in [3.8, 4) is 0 Å². The van der Waals surface area contributed by atoms with E-state index in [9.17, 15) is 0 Å². The SMILES string of the molecule is C=Cc1cnn(CCOC)c1. The molecule has 3 nitrogen and oxygen atoms in total. The van der Waals surface area contributed by atoms with Gasteiger partial charge in [-0.2, -0.15) is 5.10 Å². The number of hydrogen-bond acceptors (Lipinski definition) is 2. The van der Waals surface area contributed by atoms with Gasteiger partial charge in [-0.05, 0) is 0 Å². The predicted octanol–water partition coefficient (Wildman–Crippen LogP) is 1.17. The van der Waals surface area contributed by atoms with Crippen molar-refractivity contribution in [3.63, 3.8) is 0 Å². The van der Waals surface area contributed by atoms with Crippen molar-refractivity contribution in [1.82, 2.24) is 9.78 Å². The molecule has 0 bridgehead atoms. The Balaban J connectivity index is 2.51. The van der Waals surface area contributed by atoms with Gasteiger partial charge in [-0.3, -0.25) is 4.68 Å². The first-order valence-corrected chi connectivity index (χ1v) is 3.50. The summed E-state index contributed by atoms with van der Waals surface area (Å²) in [5.74, 6) is 0. The van der Waals surface area contributed by atoms with Crippen LogP contribution in [0.4, 0.5) is 0 Å². The number of aromatic nitrogens is 2. The maximum absolute atomic E-state index is 4.90. The molecule has 3 heteroatoms. The van der Waals surface area contributed by atoms with Crippen molar-refractivity contribution < 1.29 is 4.74 Å². The van der Waals surface area contributed by atoms with Gasteiger partial charge in [0.1, 0.15) is 0 Å². The summed E-state index contributed by atoms with van der Waals surface area (Å²) in [5, 5.41) is 4.09. The van der Waals surface area contributed by atoms with E-state index in [1.807, 2.05) is 10.9 Å². The van der Waals surface area contributed by atoms with Crippen molar-refractivity contribution >= 4 is 6.08 Å². The number of hydrogen-bond donors (Lipinski definition) is 0. The molecule has 0 saturated carbocycles. The fourth-order valence-electron chi connectivity index (χ4n) is 0.792. The Morgan fingerprint density at radius 2 is 2.64 bits per heavy atom. The summed E-state index contributed by atoms with van der Waals surface area (Å²) in [6, 6.07) is 0. The van der Waals surface area contributed by atoms with E-state index >= 15 is 0 Å². The Labute approximate surface area is 66.3 Å². The lowest BCUT2D eigenvalue weighted by Crippen LogP contribution is -2.03. The molecular weight excluding hydrogens is 140 g/mol. The summed E-state index contributed by atoms with van der Waals surface area (Å²) in [7, 11) is 1.68. The molecule has 11 heavy (non-hydrogen) atoms. The molecule has 0 aliphatic carbocycles. The van der Waals surface area contributed by atoms with E-state index in [1.54, 1.807) is 19.4 Å². The first-order chi connectivity index (χ1) is 5.36. The van der Waals surface area contributed by atoms with Crippen LogP contribution in [-0.4, -0.2) is 23.5 Å². The molecule has 1 aromatic rings. The highest BCUT2D eigenvalue weighted by Gasteiger charge is 1.92. The predicted molar refractivity (Wildman–Crippen MR) is 44.2 cm³/mol. The molecule has 0 N–H and O–H groups in total. The quantitative estimate of drug-likeness (QED) is 0.647. The van der Waals surface area contributed by atoms with Crippen LogP contribution in [0.15, 0.2) is 19.0 Å². The lowest BCUT2D eigenvalue weighted by molar-refractivity contribution is 0.183. The Bertz CT molecular complexity index is 230. The molecule has 0 fully saturated rings. The maximum Gasteiger partial charge on any atom is 0.0658 e. The summed E-state index contributed by atoms with van der Waals surface area (Å²) < 4.78 is 6.74. The van der Waals surface area contributed by atoms with Gasteiger partial charge in [-0.15, -0.1) is 0 Å². The first kappa shape index (κ1) is 8.01. The van der Waals surface area contributed by atoms with Crippen LogP contribution in [0.3, 0.4) is 0 Å². The zero-order chi connectivity index (χ0) is 8.10. The Kier molecular flexibility index (Phi) is 2.86. The number of nitrogens with zero attached hydrogens (tertiary/aromatic N) is 2. The maximum atomic E-state index is 4.90. The first-order valence-electron chi connectivity index (χ1n) is 3.50. The standard InChI is InChI=1S/C8H12N2O/c1-3-8-6-9-10(7-8)4-5-11-2/h3,6-7H,1,4-5H2,2H3. The highest BCUT2D eigenvalue weighted by Crippen LogP contribution is 1.97. The summed E-state index contributed by atoms with van der Waals surface area (Å²) in [4.78, 5) is 0. The summed E-state index contributed by atoms with van der Waals surface area (Å²) in [5.41, 5.74) is 1.04. The molecule has 0 atom stereocenters. The summed E-state index contributed by atoms with van der Waals surface area (Å²) in [6.07, 6.45) is 5.49.